The maximum Gasteiger partial charge on any atom is 0.573 e. The quantitative estimate of drug-likeness (QED) is 0.910. The molecule has 1 aliphatic carbocycles. The van der Waals surface area contributed by atoms with Crippen molar-refractivity contribution < 1.29 is 27.8 Å². The number of halogens is 3. The van der Waals surface area contributed by atoms with E-state index in [-0.39, 0.29) is 11.7 Å². The van der Waals surface area contributed by atoms with Crippen LogP contribution in [0.5, 0.6) is 5.75 Å². The molecule has 0 amide bonds. The van der Waals surface area contributed by atoms with E-state index in [2.05, 4.69) is 4.74 Å². The minimum atomic E-state index is -4.75. The second-order valence-corrected chi connectivity index (χ2v) is 5.59. The van der Waals surface area contributed by atoms with Gasteiger partial charge in [-0.15, -0.1) is 13.2 Å². The standard InChI is InChI=1S/C15H17F3O3/c1-9-5-6-12(14(19)20)13(7-9)10-3-2-4-11(8-10)21-15(16,17)18/h2-4,8-9,12-13H,5-7H2,1H3,(H,19,20). The molecule has 0 spiro atoms. The summed E-state index contributed by atoms with van der Waals surface area (Å²) in [7, 11) is 0. The fourth-order valence-electron chi connectivity index (χ4n) is 2.99. The first-order valence-corrected chi connectivity index (χ1v) is 6.85. The average molecular weight is 302 g/mol. The number of benzene rings is 1. The lowest BCUT2D eigenvalue weighted by atomic mass is 9.71. The number of alkyl halides is 3. The summed E-state index contributed by atoms with van der Waals surface area (Å²) in [6, 6.07) is 5.65. The van der Waals surface area contributed by atoms with E-state index < -0.39 is 18.2 Å². The van der Waals surface area contributed by atoms with Crippen LogP contribution in [0.1, 0.15) is 37.7 Å². The second-order valence-electron chi connectivity index (χ2n) is 5.59. The Kier molecular flexibility index (Phi) is 4.44. The highest BCUT2D eigenvalue weighted by Gasteiger charge is 2.35. The molecule has 0 aromatic heterocycles. The smallest absolute Gasteiger partial charge is 0.481 e. The number of aliphatic carboxylic acids is 1. The monoisotopic (exact) mass is 302 g/mol. The highest BCUT2D eigenvalue weighted by Crippen LogP contribution is 2.41. The first kappa shape index (κ1) is 15.7. The fraction of sp³-hybridized carbons (Fsp3) is 0.533. The number of ether oxygens (including phenoxy) is 1. The van der Waals surface area contributed by atoms with Crippen LogP contribution in [0.3, 0.4) is 0 Å². The van der Waals surface area contributed by atoms with Crippen molar-refractivity contribution >= 4 is 5.97 Å². The van der Waals surface area contributed by atoms with Crippen molar-refractivity contribution in [2.75, 3.05) is 0 Å². The Morgan fingerprint density at radius 1 is 1.33 bits per heavy atom. The van der Waals surface area contributed by atoms with E-state index in [1.807, 2.05) is 6.92 Å². The fourth-order valence-corrected chi connectivity index (χ4v) is 2.99. The Hall–Kier alpha value is -1.72. The van der Waals surface area contributed by atoms with Gasteiger partial charge in [0.25, 0.3) is 0 Å². The zero-order valence-electron chi connectivity index (χ0n) is 11.6. The molecule has 1 aromatic carbocycles. The van der Waals surface area contributed by atoms with Crippen molar-refractivity contribution in [2.45, 2.75) is 38.5 Å². The van der Waals surface area contributed by atoms with Crippen LogP contribution in [0.15, 0.2) is 24.3 Å². The van der Waals surface area contributed by atoms with Gasteiger partial charge >= 0.3 is 12.3 Å². The van der Waals surface area contributed by atoms with Crippen LogP contribution in [0.25, 0.3) is 0 Å². The van der Waals surface area contributed by atoms with Crippen LogP contribution in [0.4, 0.5) is 13.2 Å². The highest BCUT2D eigenvalue weighted by atomic mass is 19.4. The number of hydrogen-bond donors (Lipinski definition) is 1. The van der Waals surface area contributed by atoms with E-state index >= 15 is 0 Å². The molecule has 0 saturated heterocycles. The number of carbonyl (C=O) groups is 1. The predicted molar refractivity (Wildman–Crippen MR) is 70.0 cm³/mol. The SMILES string of the molecule is CC1CCC(C(=O)O)C(c2cccc(OC(F)(F)F)c2)C1. The van der Waals surface area contributed by atoms with E-state index in [0.717, 1.165) is 6.42 Å². The summed E-state index contributed by atoms with van der Waals surface area (Å²) in [4.78, 5) is 11.3. The third-order valence-corrected chi connectivity index (χ3v) is 3.95. The van der Waals surface area contributed by atoms with Crippen LogP contribution < -0.4 is 4.74 Å². The molecule has 0 heterocycles. The minimum absolute atomic E-state index is 0.275. The van der Waals surface area contributed by atoms with E-state index in [0.29, 0.717) is 24.3 Å². The molecule has 0 aliphatic heterocycles. The van der Waals surface area contributed by atoms with E-state index in [4.69, 9.17) is 0 Å². The minimum Gasteiger partial charge on any atom is -0.481 e. The van der Waals surface area contributed by atoms with Gasteiger partial charge in [0.05, 0.1) is 5.92 Å². The zero-order valence-corrected chi connectivity index (χ0v) is 11.6. The maximum absolute atomic E-state index is 12.3. The van der Waals surface area contributed by atoms with Crippen LogP contribution in [-0.2, 0) is 4.79 Å². The van der Waals surface area contributed by atoms with Gasteiger partial charge in [0, 0.05) is 0 Å². The zero-order chi connectivity index (χ0) is 15.6. The molecule has 1 fully saturated rings. The summed E-state index contributed by atoms with van der Waals surface area (Å²) in [5, 5.41) is 9.30. The molecule has 1 N–H and O–H groups in total. The Bertz CT molecular complexity index is 513. The number of rotatable bonds is 3. The Labute approximate surface area is 120 Å². The molecule has 0 bridgehead atoms. The summed E-state index contributed by atoms with van der Waals surface area (Å²) in [5.74, 6) is -1.67. The van der Waals surface area contributed by atoms with Gasteiger partial charge in [-0.1, -0.05) is 19.1 Å². The van der Waals surface area contributed by atoms with Crippen molar-refractivity contribution in [3.05, 3.63) is 29.8 Å². The third-order valence-electron chi connectivity index (χ3n) is 3.95. The summed E-state index contributed by atoms with van der Waals surface area (Å²) >= 11 is 0. The normalized spacial score (nSPS) is 26.4. The van der Waals surface area contributed by atoms with Crippen molar-refractivity contribution in [3.63, 3.8) is 0 Å². The molecular weight excluding hydrogens is 285 g/mol. The van der Waals surface area contributed by atoms with Crippen LogP contribution >= 0.6 is 0 Å². The van der Waals surface area contributed by atoms with Gasteiger partial charge in [0.1, 0.15) is 5.75 Å². The topological polar surface area (TPSA) is 46.5 Å². The molecule has 0 radical (unpaired) electrons. The van der Waals surface area contributed by atoms with Crippen molar-refractivity contribution in [2.24, 2.45) is 11.8 Å². The molecule has 1 aliphatic rings. The third kappa shape index (κ3) is 4.12. The summed E-state index contributed by atoms with van der Waals surface area (Å²) < 4.78 is 40.7. The second kappa shape index (κ2) is 5.95. The van der Waals surface area contributed by atoms with E-state index in [9.17, 15) is 23.1 Å². The summed E-state index contributed by atoms with van der Waals surface area (Å²) in [6.07, 6.45) is -2.71. The first-order valence-electron chi connectivity index (χ1n) is 6.85. The van der Waals surface area contributed by atoms with Crippen molar-refractivity contribution in [1.82, 2.24) is 0 Å². The van der Waals surface area contributed by atoms with Gasteiger partial charge < -0.3 is 9.84 Å². The largest absolute Gasteiger partial charge is 0.573 e. The van der Waals surface area contributed by atoms with Gasteiger partial charge in [-0.3, -0.25) is 4.79 Å². The molecule has 3 unspecified atom stereocenters. The number of carboxylic acid groups (broad SMARTS) is 1. The lowest BCUT2D eigenvalue weighted by molar-refractivity contribution is -0.274. The number of carboxylic acids is 1. The molecule has 3 atom stereocenters. The highest BCUT2D eigenvalue weighted by molar-refractivity contribution is 5.71. The van der Waals surface area contributed by atoms with Crippen LogP contribution in [-0.4, -0.2) is 17.4 Å². The number of hydrogen-bond acceptors (Lipinski definition) is 2. The summed E-state index contributed by atoms with van der Waals surface area (Å²) in [5.41, 5.74) is 0.593. The van der Waals surface area contributed by atoms with Crippen LogP contribution in [0, 0.1) is 11.8 Å². The molecule has 1 aromatic rings. The summed E-state index contributed by atoms with van der Waals surface area (Å²) in [6.45, 7) is 2.03. The Balaban J connectivity index is 2.26. The molecule has 21 heavy (non-hydrogen) atoms. The Morgan fingerprint density at radius 2 is 2.05 bits per heavy atom. The molecular formula is C15H17F3O3. The molecule has 3 nitrogen and oxygen atoms in total. The predicted octanol–water partition coefficient (Wildman–Crippen LogP) is 4.19. The molecule has 116 valence electrons. The van der Waals surface area contributed by atoms with Crippen LogP contribution in [0.2, 0.25) is 0 Å². The first-order chi connectivity index (χ1) is 9.76. The van der Waals surface area contributed by atoms with Gasteiger partial charge in [0.2, 0.25) is 0 Å². The van der Waals surface area contributed by atoms with Gasteiger partial charge in [-0.05, 0) is 48.8 Å². The lowest BCUT2D eigenvalue weighted by Gasteiger charge is -2.32. The van der Waals surface area contributed by atoms with Gasteiger partial charge in [0.15, 0.2) is 0 Å². The van der Waals surface area contributed by atoms with E-state index in [1.165, 1.54) is 18.2 Å². The molecule has 2 rings (SSSR count). The van der Waals surface area contributed by atoms with E-state index in [1.54, 1.807) is 6.07 Å². The maximum atomic E-state index is 12.3. The van der Waals surface area contributed by atoms with Gasteiger partial charge in [-0.2, -0.15) is 0 Å². The molecule has 6 heteroatoms. The van der Waals surface area contributed by atoms with Crippen molar-refractivity contribution in [3.8, 4) is 5.75 Å². The van der Waals surface area contributed by atoms with Gasteiger partial charge in [-0.25, -0.2) is 0 Å². The average Bonchev–Trinajstić information content (AvgIpc) is 2.36. The lowest BCUT2D eigenvalue weighted by Crippen LogP contribution is -2.28. The Morgan fingerprint density at radius 3 is 2.67 bits per heavy atom. The van der Waals surface area contributed by atoms with Crippen molar-refractivity contribution in [1.29, 1.82) is 0 Å². The molecule has 1 saturated carbocycles.